The molecule has 0 aliphatic carbocycles. The van der Waals surface area contributed by atoms with Gasteiger partial charge >= 0.3 is 12.6 Å². The lowest BCUT2D eigenvalue weighted by Gasteiger charge is -2.12. The predicted molar refractivity (Wildman–Crippen MR) is 83.4 cm³/mol. The molecule has 1 N–H and O–H groups in total. The summed E-state index contributed by atoms with van der Waals surface area (Å²) in [5, 5.41) is 1.82. The number of hydrogen-bond acceptors (Lipinski definition) is 4. The topological polar surface area (TPSA) is 64.6 Å². The van der Waals surface area contributed by atoms with Crippen LogP contribution in [0.25, 0.3) is 0 Å². The van der Waals surface area contributed by atoms with Crippen LogP contribution in [0.4, 0.5) is 23.2 Å². The lowest BCUT2D eigenvalue weighted by Crippen LogP contribution is -2.21. The lowest BCUT2D eigenvalue weighted by atomic mass is 10.2. The van der Waals surface area contributed by atoms with Crippen LogP contribution < -0.4 is 10.1 Å². The fraction of sp³-hybridized carbons (Fsp3) is 0.125. The maximum Gasteiger partial charge on any atom is 0.387 e. The van der Waals surface area contributed by atoms with Crippen molar-refractivity contribution in [3.63, 3.8) is 0 Å². The van der Waals surface area contributed by atoms with Crippen molar-refractivity contribution in [3.8, 4) is 5.75 Å². The Morgan fingerprint density at radius 2 is 1.77 bits per heavy atom. The minimum atomic E-state index is -3.10. The number of para-hydroxylation sites is 2. The summed E-state index contributed by atoms with van der Waals surface area (Å²) in [5.74, 6) is -4.89. The first kappa shape index (κ1) is 19.5. The van der Waals surface area contributed by atoms with Gasteiger partial charge in [-0.15, -0.1) is 0 Å². The van der Waals surface area contributed by atoms with Gasteiger partial charge in [0, 0.05) is 0 Å². The molecule has 0 saturated carbocycles. The molecule has 138 valence electrons. The van der Waals surface area contributed by atoms with Crippen LogP contribution in [0, 0.1) is 11.6 Å². The molecule has 0 atom stereocenters. The van der Waals surface area contributed by atoms with Crippen LogP contribution in [0.2, 0.25) is 5.02 Å². The van der Waals surface area contributed by atoms with E-state index in [1.165, 1.54) is 24.3 Å². The number of hydrogen-bond donors (Lipinski definition) is 1. The largest absolute Gasteiger partial charge is 0.452 e. The molecule has 0 fully saturated rings. The molecule has 2 aromatic carbocycles. The summed E-state index contributed by atoms with van der Waals surface area (Å²) in [4.78, 5) is 23.6. The van der Waals surface area contributed by atoms with Crippen LogP contribution in [0.15, 0.2) is 36.4 Å². The van der Waals surface area contributed by atoms with E-state index in [0.717, 1.165) is 0 Å². The number of alkyl halides is 2. The zero-order chi connectivity index (χ0) is 19.3. The summed E-state index contributed by atoms with van der Waals surface area (Å²) in [5.41, 5.74) is -0.542. The molecular weight excluding hydrogens is 382 g/mol. The van der Waals surface area contributed by atoms with Crippen LogP contribution in [0.3, 0.4) is 0 Å². The Kier molecular flexibility index (Phi) is 6.40. The van der Waals surface area contributed by atoms with Gasteiger partial charge in [0.1, 0.15) is 5.75 Å². The Hall–Kier alpha value is -2.81. The molecule has 26 heavy (non-hydrogen) atoms. The zero-order valence-corrected chi connectivity index (χ0v) is 13.5. The number of carbonyl (C=O) groups is 2. The van der Waals surface area contributed by atoms with Gasteiger partial charge in [0.25, 0.3) is 5.91 Å². The van der Waals surface area contributed by atoms with E-state index in [2.05, 4.69) is 14.8 Å². The van der Waals surface area contributed by atoms with Gasteiger partial charge in [-0.05, 0) is 24.3 Å². The van der Waals surface area contributed by atoms with E-state index in [-0.39, 0.29) is 11.4 Å². The smallest absolute Gasteiger partial charge is 0.387 e. The van der Waals surface area contributed by atoms with Gasteiger partial charge in [0.05, 0.1) is 16.3 Å². The Balaban J connectivity index is 1.99. The summed E-state index contributed by atoms with van der Waals surface area (Å²) in [6.07, 6.45) is 0. The molecule has 10 heteroatoms. The minimum absolute atomic E-state index is 0.0697. The SMILES string of the molecule is O=C(COC(=O)c1cc(F)c(F)cc1Cl)Nc1ccccc1OC(F)F. The molecule has 0 unspecified atom stereocenters. The number of nitrogens with one attached hydrogen (secondary N) is 1. The second kappa shape index (κ2) is 8.52. The third-order valence-electron chi connectivity index (χ3n) is 2.94. The van der Waals surface area contributed by atoms with E-state index in [9.17, 15) is 27.2 Å². The standard InChI is InChI=1S/C16H10ClF4NO4/c17-9-6-11(19)10(18)5-8(9)15(24)25-7-14(23)22-12-3-1-2-4-13(12)26-16(20)21/h1-6,16H,7H2,(H,22,23). The fourth-order valence-electron chi connectivity index (χ4n) is 1.84. The molecule has 0 aliphatic rings. The first-order valence-corrected chi connectivity index (χ1v) is 7.31. The van der Waals surface area contributed by atoms with Crippen molar-refractivity contribution >= 4 is 29.2 Å². The van der Waals surface area contributed by atoms with Crippen LogP contribution in [0.1, 0.15) is 10.4 Å². The normalized spacial score (nSPS) is 10.5. The summed E-state index contributed by atoms with van der Waals surface area (Å²) in [6, 6.07) is 6.49. The summed E-state index contributed by atoms with van der Waals surface area (Å²) >= 11 is 5.62. The summed E-state index contributed by atoms with van der Waals surface area (Å²) < 4.78 is 59.6. The van der Waals surface area contributed by atoms with Crippen molar-refractivity contribution < 1.29 is 36.6 Å². The first-order valence-electron chi connectivity index (χ1n) is 6.93. The van der Waals surface area contributed by atoms with Gasteiger partial charge < -0.3 is 14.8 Å². The quantitative estimate of drug-likeness (QED) is 0.459. The highest BCUT2D eigenvalue weighted by molar-refractivity contribution is 6.33. The molecule has 0 spiro atoms. The third-order valence-corrected chi connectivity index (χ3v) is 3.25. The van der Waals surface area contributed by atoms with E-state index in [1.54, 1.807) is 0 Å². The Labute approximate surface area is 149 Å². The third kappa shape index (κ3) is 5.09. The monoisotopic (exact) mass is 391 g/mol. The highest BCUT2D eigenvalue weighted by Crippen LogP contribution is 2.25. The highest BCUT2D eigenvalue weighted by atomic mass is 35.5. The zero-order valence-electron chi connectivity index (χ0n) is 12.8. The average Bonchev–Trinajstić information content (AvgIpc) is 2.57. The summed E-state index contributed by atoms with van der Waals surface area (Å²) in [6.45, 7) is -3.92. The second-order valence-electron chi connectivity index (χ2n) is 4.75. The number of halogens is 5. The molecule has 0 saturated heterocycles. The van der Waals surface area contributed by atoms with E-state index >= 15 is 0 Å². The maximum absolute atomic E-state index is 13.2. The molecule has 0 radical (unpaired) electrons. The number of esters is 1. The summed E-state index contributed by atoms with van der Waals surface area (Å²) in [7, 11) is 0. The molecule has 0 aromatic heterocycles. The van der Waals surface area contributed by atoms with Crippen molar-refractivity contribution in [2.45, 2.75) is 6.61 Å². The van der Waals surface area contributed by atoms with Gasteiger partial charge in [-0.1, -0.05) is 23.7 Å². The number of rotatable bonds is 6. The van der Waals surface area contributed by atoms with Gasteiger partial charge in [-0.3, -0.25) is 4.79 Å². The van der Waals surface area contributed by atoms with Crippen molar-refractivity contribution in [1.29, 1.82) is 0 Å². The number of carbonyl (C=O) groups excluding carboxylic acids is 2. The van der Waals surface area contributed by atoms with Crippen LogP contribution in [0.5, 0.6) is 5.75 Å². The number of benzene rings is 2. The van der Waals surface area contributed by atoms with Crippen LogP contribution >= 0.6 is 11.6 Å². The minimum Gasteiger partial charge on any atom is -0.452 e. The second-order valence-corrected chi connectivity index (χ2v) is 5.15. The molecule has 0 bridgehead atoms. The highest BCUT2D eigenvalue weighted by Gasteiger charge is 2.18. The molecule has 2 aromatic rings. The molecule has 0 heterocycles. The average molecular weight is 392 g/mol. The molecular formula is C16H10ClF4NO4. The fourth-order valence-corrected chi connectivity index (χ4v) is 2.07. The van der Waals surface area contributed by atoms with E-state index in [0.29, 0.717) is 12.1 Å². The van der Waals surface area contributed by atoms with Crippen molar-refractivity contribution in [1.82, 2.24) is 0 Å². The molecule has 0 aliphatic heterocycles. The van der Waals surface area contributed by atoms with Gasteiger partial charge in [-0.2, -0.15) is 8.78 Å². The van der Waals surface area contributed by atoms with Gasteiger partial charge in [0.2, 0.25) is 0 Å². The van der Waals surface area contributed by atoms with E-state index in [4.69, 9.17) is 11.6 Å². The molecule has 1 amide bonds. The predicted octanol–water partition coefficient (Wildman–Crippen LogP) is 4.02. The number of amides is 1. The van der Waals surface area contributed by atoms with Crippen molar-refractivity contribution in [2.75, 3.05) is 11.9 Å². The number of ether oxygens (including phenoxy) is 2. The van der Waals surface area contributed by atoms with Crippen LogP contribution in [-0.4, -0.2) is 25.1 Å². The van der Waals surface area contributed by atoms with Gasteiger partial charge in [-0.25, -0.2) is 13.6 Å². The Bertz CT molecular complexity index is 832. The number of anilines is 1. The van der Waals surface area contributed by atoms with Crippen LogP contribution in [-0.2, 0) is 9.53 Å². The molecule has 2 rings (SSSR count). The Morgan fingerprint density at radius 3 is 2.46 bits per heavy atom. The molecule has 5 nitrogen and oxygen atoms in total. The maximum atomic E-state index is 13.2. The van der Waals surface area contributed by atoms with E-state index < -0.39 is 47.3 Å². The van der Waals surface area contributed by atoms with E-state index in [1.807, 2.05) is 0 Å². The first-order chi connectivity index (χ1) is 12.3. The Morgan fingerprint density at radius 1 is 1.12 bits per heavy atom. The van der Waals surface area contributed by atoms with Crippen molar-refractivity contribution in [2.24, 2.45) is 0 Å². The lowest BCUT2D eigenvalue weighted by molar-refractivity contribution is -0.119. The van der Waals surface area contributed by atoms with Gasteiger partial charge in [0.15, 0.2) is 18.2 Å². The van der Waals surface area contributed by atoms with Crippen molar-refractivity contribution in [3.05, 3.63) is 58.6 Å².